The molecule has 0 saturated carbocycles. The molecule has 1 heterocycles. The summed E-state index contributed by atoms with van der Waals surface area (Å²) in [7, 11) is 6.18. The van der Waals surface area contributed by atoms with E-state index in [0.717, 1.165) is 0 Å². The van der Waals surface area contributed by atoms with Crippen LogP contribution in [0.15, 0.2) is 12.1 Å². The first-order valence-electron chi connectivity index (χ1n) is 5.26. The predicted molar refractivity (Wildman–Crippen MR) is 65.7 cm³/mol. The molecule has 2 rings (SSSR count). The number of aromatic nitrogens is 2. The van der Waals surface area contributed by atoms with Crippen molar-refractivity contribution in [3.63, 3.8) is 0 Å². The van der Waals surface area contributed by atoms with Crippen LogP contribution < -0.4 is 18.9 Å². The fourth-order valence-electron chi connectivity index (χ4n) is 1.79. The first kappa shape index (κ1) is 12.2. The van der Waals surface area contributed by atoms with Crippen LogP contribution >= 0.6 is 0 Å². The number of benzene rings is 1. The molecule has 6 heteroatoms. The van der Waals surface area contributed by atoms with E-state index in [1.807, 2.05) is 0 Å². The molecule has 0 unspecified atom stereocenters. The van der Waals surface area contributed by atoms with Crippen LogP contribution in [0.1, 0.15) is 0 Å². The zero-order valence-corrected chi connectivity index (χ0v) is 10.7. The fourth-order valence-corrected chi connectivity index (χ4v) is 1.79. The van der Waals surface area contributed by atoms with Gasteiger partial charge in [-0.3, -0.25) is 0 Å². The van der Waals surface area contributed by atoms with Crippen molar-refractivity contribution in [3.8, 4) is 23.1 Å². The molecule has 0 saturated heterocycles. The van der Waals surface area contributed by atoms with Gasteiger partial charge in [0.2, 0.25) is 0 Å². The number of hydrogen-bond donors (Lipinski definition) is 0. The highest BCUT2D eigenvalue weighted by Gasteiger charge is 2.19. The Labute approximate surface area is 104 Å². The summed E-state index contributed by atoms with van der Waals surface area (Å²) in [4.78, 5) is 0. The van der Waals surface area contributed by atoms with Gasteiger partial charge in [0.25, 0.3) is 5.88 Å². The number of fused-ring (bicyclic) bond motifs is 1. The van der Waals surface area contributed by atoms with Crippen LogP contribution in [0.3, 0.4) is 0 Å². The SMILES string of the molecule is COc1ccc2nnc(OC)c(OC)c2c1OC. The number of methoxy groups -OCH3 is 4. The van der Waals surface area contributed by atoms with E-state index >= 15 is 0 Å². The summed E-state index contributed by atoms with van der Waals surface area (Å²) in [6.45, 7) is 0. The van der Waals surface area contributed by atoms with E-state index in [2.05, 4.69) is 10.2 Å². The summed E-state index contributed by atoms with van der Waals surface area (Å²) in [5, 5.41) is 8.66. The lowest BCUT2D eigenvalue weighted by Crippen LogP contribution is -2.00. The third-order valence-corrected chi connectivity index (χ3v) is 2.59. The summed E-state index contributed by atoms with van der Waals surface area (Å²) in [6, 6.07) is 3.55. The van der Waals surface area contributed by atoms with E-state index in [0.29, 0.717) is 34.0 Å². The molecule has 0 spiro atoms. The Balaban J connectivity index is 2.87. The van der Waals surface area contributed by atoms with Gasteiger partial charge in [0.05, 0.1) is 33.8 Å². The minimum absolute atomic E-state index is 0.302. The van der Waals surface area contributed by atoms with E-state index in [1.54, 1.807) is 26.4 Å². The molecule has 2 aromatic rings. The summed E-state index contributed by atoms with van der Waals surface area (Å²) >= 11 is 0. The normalized spacial score (nSPS) is 10.2. The van der Waals surface area contributed by atoms with Gasteiger partial charge in [-0.25, -0.2) is 0 Å². The smallest absolute Gasteiger partial charge is 0.276 e. The lowest BCUT2D eigenvalue weighted by Gasteiger charge is -2.13. The number of ether oxygens (including phenoxy) is 4. The largest absolute Gasteiger partial charge is 0.493 e. The van der Waals surface area contributed by atoms with Gasteiger partial charge in [0, 0.05) is 0 Å². The molecule has 0 amide bonds. The first-order valence-corrected chi connectivity index (χ1v) is 5.26. The number of nitrogens with zero attached hydrogens (tertiary/aromatic N) is 2. The number of rotatable bonds is 4. The Morgan fingerprint density at radius 3 is 2.06 bits per heavy atom. The zero-order valence-electron chi connectivity index (χ0n) is 10.7. The van der Waals surface area contributed by atoms with Gasteiger partial charge in [-0.2, -0.15) is 0 Å². The third-order valence-electron chi connectivity index (χ3n) is 2.59. The Bertz CT molecular complexity index is 525. The average Bonchev–Trinajstić information content (AvgIpc) is 2.44. The molecule has 6 nitrogen and oxygen atoms in total. The monoisotopic (exact) mass is 250 g/mol. The highest BCUT2D eigenvalue weighted by molar-refractivity contribution is 5.94. The molecule has 0 atom stereocenters. The van der Waals surface area contributed by atoms with Crippen LogP contribution in [0.4, 0.5) is 0 Å². The summed E-state index contributed by atoms with van der Waals surface area (Å²) in [5.74, 6) is 1.91. The van der Waals surface area contributed by atoms with Crippen molar-refractivity contribution in [2.75, 3.05) is 28.4 Å². The molecule has 0 aliphatic heterocycles. The van der Waals surface area contributed by atoms with E-state index in [1.165, 1.54) is 14.2 Å². The van der Waals surface area contributed by atoms with Crippen LogP contribution in [0.25, 0.3) is 10.9 Å². The van der Waals surface area contributed by atoms with Crippen LogP contribution in [-0.4, -0.2) is 38.6 Å². The molecule has 0 aliphatic rings. The molecular weight excluding hydrogens is 236 g/mol. The van der Waals surface area contributed by atoms with Crippen molar-refractivity contribution in [3.05, 3.63) is 12.1 Å². The van der Waals surface area contributed by atoms with E-state index in [9.17, 15) is 0 Å². The van der Waals surface area contributed by atoms with E-state index in [-0.39, 0.29) is 0 Å². The molecule has 0 N–H and O–H groups in total. The topological polar surface area (TPSA) is 62.7 Å². The van der Waals surface area contributed by atoms with Crippen LogP contribution in [0.5, 0.6) is 23.1 Å². The van der Waals surface area contributed by atoms with Gasteiger partial charge in [-0.15, -0.1) is 10.2 Å². The van der Waals surface area contributed by atoms with Gasteiger partial charge in [-0.1, -0.05) is 0 Å². The highest BCUT2D eigenvalue weighted by atomic mass is 16.5. The van der Waals surface area contributed by atoms with Crippen molar-refractivity contribution < 1.29 is 18.9 Å². The molecule has 0 aliphatic carbocycles. The maximum Gasteiger partial charge on any atom is 0.276 e. The molecule has 0 radical (unpaired) electrons. The van der Waals surface area contributed by atoms with E-state index < -0.39 is 0 Å². The molecule has 18 heavy (non-hydrogen) atoms. The molecular formula is C12H14N2O4. The maximum absolute atomic E-state index is 5.36. The quantitative estimate of drug-likeness (QED) is 0.822. The van der Waals surface area contributed by atoms with Crippen molar-refractivity contribution in [1.29, 1.82) is 0 Å². The Kier molecular flexibility index (Phi) is 3.36. The summed E-state index contributed by atoms with van der Waals surface area (Å²) in [5.41, 5.74) is 0.644. The summed E-state index contributed by atoms with van der Waals surface area (Å²) < 4.78 is 21.1. The Morgan fingerprint density at radius 2 is 1.50 bits per heavy atom. The first-order chi connectivity index (χ1) is 8.76. The average molecular weight is 250 g/mol. The second-order valence-electron chi connectivity index (χ2n) is 3.44. The van der Waals surface area contributed by atoms with Crippen molar-refractivity contribution >= 4 is 10.9 Å². The fraction of sp³-hybridized carbons (Fsp3) is 0.333. The van der Waals surface area contributed by atoms with Crippen molar-refractivity contribution in [2.24, 2.45) is 0 Å². The molecule has 1 aromatic heterocycles. The van der Waals surface area contributed by atoms with Crippen LogP contribution in [-0.2, 0) is 0 Å². The van der Waals surface area contributed by atoms with Gasteiger partial charge >= 0.3 is 0 Å². The van der Waals surface area contributed by atoms with Crippen molar-refractivity contribution in [2.45, 2.75) is 0 Å². The standard InChI is InChI=1S/C12H14N2O4/c1-15-8-6-5-7-9(10(8)16-2)11(17-3)12(18-4)14-13-7/h5-6H,1-4H3. The lowest BCUT2D eigenvalue weighted by atomic mass is 10.2. The second-order valence-corrected chi connectivity index (χ2v) is 3.44. The zero-order chi connectivity index (χ0) is 13.1. The molecule has 1 aromatic carbocycles. The van der Waals surface area contributed by atoms with Gasteiger partial charge < -0.3 is 18.9 Å². The third kappa shape index (κ3) is 1.75. The lowest BCUT2D eigenvalue weighted by molar-refractivity contribution is 0.337. The summed E-state index contributed by atoms with van der Waals surface area (Å²) in [6.07, 6.45) is 0. The highest BCUT2D eigenvalue weighted by Crippen LogP contribution is 2.42. The predicted octanol–water partition coefficient (Wildman–Crippen LogP) is 1.66. The molecule has 0 fully saturated rings. The maximum atomic E-state index is 5.36. The molecule has 96 valence electrons. The van der Waals surface area contributed by atoms with Gasteiger partial charge in [-0.05, 0) is 12.1 Å². The van der Waals surface area contributed by atoms with Gasteiger partial charge in [0.15, 0.2) is 17.2 Å². The Hall–Kier alpha value is -2.24. The molecule has 0 bridgehead atoms. The van der Waals surface area contributed by atoms with Crippen LogP contribution in [0.2, 0.25) is 0 Å². The van der Waals surface area contributed by atoms with E-state index in [4.69, 9.17) is 18.9 Å². The Morgan fingerprint density at radius 1 is 0.778 bits per heavy atom. The van der Waals surface area contributed by atoms with Gasteiger partial charge in [0.1, 0.15) is 5.52 Å². The van der Waals surface area contributed by atoms with Crippen LogP contribution in [0, 0.1) is 0 Å². The second kappa shape index (κ2) is 4.95. The van der Waals surface area contributed by atoms with Crippen molar-refractivity contribution in [1.82, 2.24) is 10.2 Å². The number of hydrogen-bond acceptors (Lipinski definition) is 6. The minimum Gasteiger partial charge on any atom is -0.493 e. The minimum atomic E-state index is 0.302.